The fraction of sp³-hybridized carbons (Fsp3) is 0.923. The van der Waals surface area contributed by atoms with E-state index in [1.165, 1.54) is 6.42 Å². The average Bonchev–Trinajstić information content (AvgIpc) is 2.39. The molecule has 1 unspecified atom stereocenters. The lowest BCUT2D eigenvalue weighted by Crippen LogP contribution is -2.39. The molecule has 1 N–H and O–H groups in total. The van der Waals surface area contributed by atoms with Crippen molar-refractivity contribution < 1.29 is 4.79 Å². The first-order valence-corrected chi connectivity index (χ1v) is 6.40. The molecule has 1 atom stereocenters. The van der Waals surface area contributed by atoms with Crippen molar-refractivity contribution in [2.24, 2.45) is 11.3 Å². The Balaban J connectivity index is 0.00000256. The van der Waals surface area contributed by atoms with Crippen molar-refractivity contribution in [3.8, 4) is 0 Å². The minimum atomic E-state index is 0. The Morgan fingerprint density at radius 2 is 2.00 bits per heavy atom. The number of amides is 1. The van der Waals surface area contributed by atoms with Crippen LogP contribution in [0.1, 0.15) is 40.0 Å². The second-order valence-corrected chi connectivity index (χ2v) is 5.80. The van der Waals surface area contributed by atoms with Crippen molar-refractivity contribution in [3.63, 3.8) is 0 Å². The summed E-state index contributed by atoms with van der Waals surface area (Å²) < 4.78 is 0. The fourth-order valence-electron chi connectivity index (χ4n) is 2.35. The first kappa shape index (κ1) is 16.7. The molecule has 0 saturated carbocycles. The predicted molar refractivity (Wildman–Crippen MR) is 74.6 cm³/mol. The third-order valence-electron chi connectivity index (χ3n) is 3.58. The van der Waals surface area contributed by atoms with E-state index in [2.05, 4.69) is 24.1 Å². The van der Waals surface area contributed by atoms with E-state index in [0.29, 0.717) is 11.3 Å². The second-order valence-electron chi connectivity index (χ2n) is 5.80. The quantitative estimate of drug-likeness (QED) is 0.847. The normalized spacial score (nSPS) is 21.3. The van der Waals surface area contributed by atoms with Gasteiger partial charge >= 0.3 is 0 Å². The van der Waals surface area contributed by atoms with Crippen molar-refractivity contribution in [1.82, 2.24) is 10.2 Å². The molecular weight excluding hydrogens is 236 g/mol. The van der Waals surface area contributed by atoms with E-state index in [4.69, 9.17) is 0 Å². The molecule has 3 nitrogen and oxygen atoms in total. The van der Waals surface area contributed by atoms with Gasteiger partial charge in [-0.1, -0.05) is 20.8 Å². The van der Waals surface area contributed by atoms with E-state index in [-0.39, 0.29) is 18.3 Å². The third kappa shape index (κ3) is 5.26. The van der Waals surface area contributed by atoms with Crippen LogP contribution in [0.4, 0.5) is 0 Å². The van der Waals surface area contributed by atoms with Gasteiger partial charge in [-0.3, -0.25) is 4.79 Å². The Bertz CT molecular complexity index is 244. The Hall–Kier alpha value is -0.280. The van der Waals surface area contributed by atoms with Gasteiger partial charge in [0, 0.05) is 25.6 Å². The largest absolute Gasteiger partial charge is 0.342 e. The molecule has 1 aliphatic heterocycles. The molecule has 0 radical (unpaired) electrons. The van der Waals surface area contributed by atoms with Gasteiger partial charge in [0.2, 0.25) is 5.91 Å². The molecule has 17 heavy (non-hydrogen) atoms. The van der Waals surface area contributed by atoms with Crippen molar-refractivity contribution in [1.29, 1.82) is 0 Å². The van der Waals surface area contributed by atoms with Crippen LogP contribution in [0.3, 0.4) is 0 Å². The summed E-state index contributed by atoms with van der Waals surface area (Å²) in [4.78, 5) is 14.2. The van der Waals surface area contributed by atoms with E-state index in [9.17, 15) is 4.79 Å². The van der Waals surface area contributed by atoms with Crippen LogP contribution >= 0.6 is 12.4 Å². The van der Waals surface area contributed by atoms with Gasteiger partial charge in [-0.15, -0.1) is 12.4 Å². The summed E-state index contributed by atoms with van der Waals surface area (Å²) in [7, 11) is 1.90. The molecule has 1 aliphatic rings. The molecule has 0 aromatic heterocycles. The number of carbonyl (C=O) groups is 1. The summed E-state index contributed by atoms with van der Waals surface area (Å²) in [5.41, 5.74) is 0.404. The highest BCUT2D eigenvalue weighted by Crippen LogP contribution is 2.30. The van der Waals surface area contributed by atoms with Crippen molar-refractivity contribution >= 4 is 18.3 Å². The lowest BCUT2D eigenvalue weighted by molar-refractivity contribution is -0.134. The first-order valence-electron chi connectivity index (χ1n) is 6.40. The molecule has 1 amide bonds. The maximum absolute atomic E-state index is 12.1. The summed E-state index contributed by atoms with van der Waals surface area (Å²) in [5.74, 6) is 0.415. The smallest absolute Gasteiger partial charge is 0.226 e. The van der Waals surface area contributed by atoms with Crippen molar-refractivity contribution in [2.45, 2.75) is 40.0 Å². The van der Waals surface area contributed by atoms with Crippen molar-refractivity contribution in [2.75, 3.05) is 26.7 Å². The molecular formula is C13H27ClN2O. The Morgan fingerprint density at radius 3 is 2.59 bits per heavy atom. The number of halogens is 1. The zero-order chi connectivity index (χ0) is 12.2. The van der Waals surface area contributed by atoms with Crippen LogP contribution in [-0.4, -0.2) is 37.5 Å². The first-order chi connectivity index (χ1) is 7.46. The SMILES string of the molecule is CNCC(C)C(=O)N1CCCC(C)(C)CC1.Cl. The lowest BCUT2D eigenvalue weighted by Gasteiger charge is -2.25. The van der Waals surface area contributed by atoms with Gasteiger partial charge in [0.25, 0.3) is 0 Å². The average molecular weight is 263 g/mol. The van der Waals surface area contributed by atoms with E-state index in [0.717, 1.165) is 32.5 Å². The summed E-state index contributed by atoms with van der Waals surface area (Å²) in [5, 5.41) is 3.07. The van der Waals surface area contributed by atoms with Gasteiger partial charge in [0.15, 0.2) is 0 Å². The molecule has 1 saturated heterocycles. The van der Waals surface area contributed by atoms with E-state index < -0.39 is 0 Å². The second kappa shape index (κ2) is 7.22. The molecule has 0 bridgehead atoms. The van der Waals surface area contributed by atoms with Gasteiger partial charge in [-0.25, -0.2) is 0 Å². The number of rotatable bonds is 3. The topological polar surface area (TPSA) is 32.3 Å². The molecule has 0 aromatic rings. The monoisotopic (exact) mass is 262 g/mol. The molecule has 0 aromatic carbocycles. The van der Waals surface area contributed by atoms with Crippen LogP contribution in [0.25, 0.3) is 0 Å². The number of likely N-dealkylation sites (tertiary alicyclic amines) is 1. The van der Waals surface area contributed by atoms with Gasteiger partial charge < -0.3 is 10.2 Å². The van der Waals surface area contributed by atoms with Crippen LogP contribution in [0.5, 0.6) is 0 Å². The summed E-state index contributed by atoms with van der Waals surface area (Å²) in [6.45, 7) is 9.26. The Labute approximate surface area is 112 Å². The van der Waals surface area contributed by atoms with Crippen LogP contribution in [-0.2, 0) is 4.79 Å². The van der Waals surface area contributed by atoms with Crippen LogP contribution in [0.2, 0.25) is 0 Å². The molecule has 0 spiro atoms. The number of hydrogen-bond acceptors (Lipinski definition) is 2. The maximum atomic E-state index is 12.1. The highest BCUT2D eigenvalue weighted by Gasteiger charge is 2.27. The van der Waals surface area contributed by atoms with Gasteiger partial charge in [-0.2, -0.15) is 0 Å². The Kier molecular flexibility index (Phi) is 7.10. The van der Waals surface area contributed by atoms with Gasteiger partial charge in [0.05, 0.1) is 0 Å². The highest BCUT2D eigenvalue weighted by atomic mass is 35.5. The zero-order valence-corrected chi connectivity index (χ0v) is 12.4. The summed E-state index contributed by atoms with van der Waals surface area (Å²) in [6.07, 6.45) is 3.51. The van der Waals surface area contributed by atoms with Crippen LogP contribution in [0, 0.1) is 11.3 Å². The zero-order valence-electron chi connectivity index (χ0n) is 11.6. The molecule has 1 fully saturated rings. The molecule has 1 rings (SSSR count). The van der Waals surface area contributed by atoms with E-state index >= 15 is 0 Å². The standard InChI is InChI=1S/C13H26N2O.ClH/c1-11(10-14-4)12(16)15-8-5-6-13(2,3)7-9-15;/h11,14H,5-10H2,1-4H3;1H. The number of hydrogen-bond donors (Lipinski definition) is 1. The minimum Gasteiger partial charge on any atom is -0.342 e. The predicted octanol–water partition coefficient (Wildman–Crippen LogP) is 2.30. The third-order valence-corrected chi connectivity index (χ3v) is 3.58. The van der Waals surface area contributed by atoms with E-state index in [1.807, 2.05) is 14.0 Å². The van der Waals surface area contributed by atoms with Gasteiger partial charge in [0.1, 0.15) is 0 Å². The summed E-state index contributed by atoms with van der Waals surface area (Å²) >= 11 is 0. The number of carbonyl (C=O) groups excluding carboxylic acids is 1. The molecule has 102 valence electrons. The molecule has 1 heterocycles. The summed E-state index contributed by atoms with van der Waals surface area (Å²) in [6, 6.07) is 0. The van der Waals surface area contributed by atoms with Crippen molar-refractivity contribution in [3.05, 3.63) is 0 Å². The number of nitrogens with zero attached hydrogens (tertiary/aromatic N) is 1. The fourth-order valence-corrected chi connectivity index (χ4v) is 2.35. The molecule has 0 aliphatic carbocycles. The van der Waals surface area contributed by atoms with E-state index in [1.54, 1.807) is 0 Å². The van der Waals surface area contributed by atoms with Crippen LogP contribution in [0.15, 0.2) is 0 Å². The lowest BCUT2D eigenvalue weighted by atomic mass is 9.85. The maximum Gasteiger partial charge on any atom is 0.226 e. The van der Waals surface area contributed by atoms with Gasteiger partial charge in [-0.05, 0) is 31.7 Å². The highest BCUT2D eigenvalue weighted by molar-refractivity contribution is 5.85. The van der Waals surface area contributed by atoms with Crippen LogP contribution < -0.4 is 5.32 Å². The molecule has 4 heteroatoms. The minimum absolute atomic E-state index is 0. The Morgan fingerprint density at radius 1 is 1.35 bits per heavy atom. The number of nitrogens with one attached hydrogen (secondary N) is 1.